The van der Waals surface area contributed by atoms with Crippen LogP contribution < -0.4 is 5.32 Å². The maximum atomic E-state index is 13.0. The van der Waals surface area contributed by atoms with Gasteiger partial charge in [0.05, 0.1) is 27.3 Å². The summed E-state index contributed by atoms with van der Waals surface area (Å²) in [5, 5.41) is 3.85. The van der Waals surface area contributed by atoms with E-state index in [1.54, 1.807) is 42.5 Å². The number of hydrogen-bond acceptors (Lipinski definition) is 4. The van der Waals surface area contributed by atoms with Gasteiger partial charge in [0.2, 0.25) is 0 Å². The molecular formula is C23H28Cl2N2O3S. The molecule has 0 spiro atoms. The first-order chi connectivity index (χ1) is 14.8. The van der Waals surface area contributed by atoms with Gasteiger partial charge in [-0.2, -0.15) is 0 Å². The third-order valence-corrected chi connectivity index (χ3v) is 7.97. The van der Waals surface area contributed by atoms with Gasteiger partial charge in [-0.3, -0.25) is 4.79 Å². The van der Waals surface area contributed by atoms with E-state index in [9.17, 15) is 13.2 Å². The molecule has 1 saturated heterocycles. The smallest absolute Gasteiger partial charge is 0.253 e. The fourth-order valence-corrected chi connectivity index (χ4v) is 5.66. The first-order valence-electron chi connectivity index (χ1n) is 10.6. The van der Waals surface area contributed by atoms with Gasteiger partial charge in [0.15, 0.2) is 9.84 Å². The van der Waals surface area contributed by atoms with Gasteiger partial charge in [-0.25, -0.2) is 8.42 Å². The summed E-state index contributed by atoms with van der Waals surface area (Å²) < 4.78 is 24.7. The van der Waals surface area contributed by atoms with Crippen LogP contribution in [0.4, 0.5) is 0 Å². The van der Waals surface area contributed by atoms with Gasteiger partial charge in [-0.15, -0.1) is 0 Å². The monoisotopic (exact) mass is 482 g/mol. The number of benzene rings is 2. The summed E-state index contributed by atoms with van der Waals surface area (Å²) in [6, 6.07) is 11.3. The highest BCUT2D eigenvalue weighted by Gasteiger charge is 2.22. The van der Waals surface area contributed by atoms with Crippen LogP contribution >= 0.6 is 23.2 Å². The lowest BCUT2D eigenvalue weighted by atomic mass is 10.0. The van der Waals surface area contributed by atoms with Crippen LogP contribution in [0.25, 0.3) is 0 Å². The van der Waals surface area contributed by atoms with Gasteiger partial charge in [0, 0.05) is 11.6 Å². The van der Waals surface area contributed by atoms with E-state index < -0.39 is 9.84 Å². The standard InChI is InChI=1S/C23H28Cl2N2O3S/c1-2-14-31(29,30)19-9-6-17(7-10-19)22(16-27-12-4-3-5-13-27)26-23(28)20-11-8-18(24)15-21(20)25/h6-11,15,22H,2-5,12-14,16H2,1H3,(H,26,28). The molecule has 2 aromatic carbocycles. The van der Waals surface area contributed by atoms with E-state index in [1.165, 1.54) is 6.42 Å². The molecule has 5 nitrogen and oxygen atoms in total. The zero-order chi connectivity index (χ0) is 22.4. The molecule has 3 rings (SSSR count). The van der Waals surface area contributed by atoms with Crippen molar-refractivity contribution in [2.75, 3.05) is 25.4 Å². The number of carbonyl (C=O) groups excluding carboxylic acids is 1. The van der Waals surface area contributed by atoms with E-state index in [-0.39, 0.29) is 17.7 Å². The number of piperidine rings is 1. The second-order valence-corrected chi connectivity index (χ2v) is 10.9. The van der Waals surface area contributed by atoms with Crippen molar-refractivity contribution in [2.24, 2.45) is 0 Å². The van der Waals surface area contributed by atoms with E-state index in [2.05, 4.69) is 10.2 Å². The fraction of sp³-hybridized carbons (Fsp3) is 0.435. The van der Waals surface area contributed by atoms with E-state index in [1.807, 2.05) is 6.92 Å². The minimum atomic E-state index is -3.28. The van der Waals surface area contributed by atoms with Crippen molar-refractivity contribution in [2.45, 2.75) is 43.5 Å². The van der Waals surface area contributed by atoms with Crippen LogP contribution in [0.2, 0.25) is 10.0 Å². The maximum Gasteiger partial charge on any atom is 0.253 e. The number of nitrogens with zero attached hydrogens (tertiary/aromatic N) is 1. The topological polar surface area (TPSA) is 66.5 Å². The quantitative estimate of drug-likeness (QED) is 0.565. The lowest BCUT2D eigenvalue weighted by molar-refractivity contribution is 0.0920. The molecule has 1 N–H and O–H groups in total. The zero-order valence-corrected chi connectivity index (χ0v) is 19.9. The van der Waals surface area contributed by atoms with E-state index in [4.69, 9.17) is 23.2 Å². The number of carbonyl (C=O) groups is 1. The number of halogens is 2. The van der Waals surface area contributed by atoms with Crippen molar-refractivity contribution < 1.29 is 13.2 Å². The molecule has 1 atom stereocenters. The number of nitrogens with one attached hydrogen (secondary N) is 1. The number of hydrogen-bond donors (Lipinski definition) is 1. The molecule has 1 fully saturated rings. The highest BCUT2D eigenvalue weighted by molar-refractivity contribution is 7.91. The molecule has 1 unspecified atom stereocenters. The highest BCUT2D eigenvalue weighted by atomic mass is 35.5. The highest BCUT2D eigenvalue weighted by Crippen LogP contribution is 2.24. The molecule has 0 aromatic heterocycles. The van der Waals surface area contributed by atoms with E-state index in [0.29, 0.717) is 33.5 Å². The summed E-state index contributed by atoms with van der Waals surface area (Å²) in [4.78, 5) is 15.6. The molecule has 8 heteroatoms. The first-order valence-corrected chi connectivity index (χ1v) is 13.0. The molecule has 2 aromatic rings. The molecule has 168 valence electrons. The summed E-state index contributed by atoms with van der Waals surface area (Å²) in [6.07, 6.45) is 4.06. The Morgan fingerprint density at radius 3 is 2.35 bits per heavy atom. The second kappa shape index (κ2) is 10.8. The fourth-order valence-electron chi connectivity index (χ4n) is 3.84. The van der Waals surface area contributed by atoms with Crippen molar-refractivity contribution >= 4 is 38.9 Å². The van der Waals surface area contributed by atoms with Crippen LogP contribution in [0.5, 0.6) is 0 Å². The summed E-state index contributed by atoms with van der Waals surface area (Å²) >= 11 is 12.2. The van der Waals surface area contributed by atoms with Crippen LogP contribution in [-0.4, -0.2) is 44.6 Å². The first kappa shape index (κ1) is 24.1. The van der Waals surface area contributed by atoms with Crippen molar-refractivity contribution in [3.63, 3.8) is 0 Å². The molecular weight excluding hydrogens is 455 g/mol. The molecule has 0 aliphatic carbocycles. The normalized spacial score (nSPS) is 16.1. The Morgan fingerprint density at radius 2 is 1.74 bits per heavy atom. The van der Waals surface area contributed by atoms with Crippen LogP contribution in [0.15, 0.2) is 47.4 Å². The van der Waals surface area contributed by atoms with Gasteiger partial charge in [-0.1, -0.05) is 48.7 Å². The number of likely N-dealkylation sites (tertiary alicyclic amines) is 1. The Hall–Kier alpha value is -1.60. The third kappa shape index (κ3) is 6.45. The Kier molecular flexibility index (Phi) is 8.39. The summed E-state index contributed by atoms with van der Waals surface area (Å²) in [6.45, 7) is 4.46. The van der Waals surface area contributed by atoms with Crippen LogP contribution in [0, 0.1) is 0 Å². The molecule has 0 bridgehead atoms. The number of sulfone groups is 1. The van der Waals surface area contributed by atoms with Gasteiger partial charge in [0.25, 0.3) is 5.91 Å². The Bertz CT molecular complexity index is 1000. The molecule has 1 heterocycles. The minimum absolute atomic E-state index is 0.120. The predicted molar refractivity (Wildman–Crippen MR) is 126 cm³/mol. The minimum Gasteiger partial charge on any atom is -0.344 e. The van der Waals surface area contributed by atoms with Crippen molar-refractivity contribution in [3.05, 3.63) is 63.6 Å². The molecule has 1 amide bonds. The SMILES string of the molecule is CCCS(=O)(=O)c1ccc(C(CN2CCCCC2)NC(=O)c2ccc(Cl)cc2Cl)cc1. The van der Waals surface area contributed by atoms with Crippen molar-refractivity contribution in [3.8, 4) is 0 Å². The second-order valence-electron chi connectivity index (χ2n) is 7.90. The van der Waals surface area contributed by atoms with Crippen molar-refractivity contribution in [1.29, 1.82) is 0 Å². The van der Waals surface area contributed by atoms with E-state index in [0.717, 1.165) is 31.5 Å². The van der Waals surface area contributed by atoms with Gasteiger partial charge >= 0.3 is 0 Å². The Labute approximate surface area is 194 Å². The Morgan fingerprint density at radius 1 is 1.06 bits per heavy atom. The predicted octanol–water partition coefficient (Wildman–Crippen LogP) is 5.13. The van der Waals surface area contributed by atoms with Gasteiger partial charge in [-0.05, 0) is 68.2 Å². The van der Waals surface area contributed by atoms with Crippen LogP contribution in [-0.2, 0) is 9.84 Å². The molecule has 1 aliphatic heterocycles. The summed E-state index contributed by atoms with van der Waals surface area (Å²) in [5.41, 5.74) is 1.22. The molecule has 31 heavy (non-hydrogen) atoms. The third-order valence-electron chi connectivity index (χ3n) is 5.48. The maximum absolute atomic E-state index is 13.0. The molecule has 0 radical (unpaired) electrons. The Balaban J connectivity index is 1.84. The number of rotatable bonds is 8. The molecule has 0 saturated carbocycles. The average molecular weight is 483 g/mol. The van der Waals surface area contributed by atoms with Gasteiger partial charge in [0.1, 0.15) is 0 Å². The summed E-state index contributed by atoms with van der Waals surface area (Å²) in [5.74, 6) is -0.165. The summed E-state index contributed by atoms with van der Waals surface area (Å²) in [7, 11) is -3.28. The zero-order valence-electron chi connectivity index (χ0n) is 17.6. The molecule has 1 aliphatic rings. The van der Waals surface area contributed by atoms with Gasteiger partial charge < -0.3 is 10.2 Å². The lowest BCUT2D eigenvalue weighted by Crippen LogP contribution is -2.40. The van der Waals surface area contributed by atoms with Crippen LogP contribution in [0.3, 0.4) is 0 Å². The van der Waals surface area contributed by atoms with E-state index >= 15 is 0 Å². The number of amides is 1. The average Bonchev–Trinajstić information content (AvgIpc) is 2.74. The lowest BCUT2D eigenvalue weighted by Gasteiger charge is -2.31. The van der Waals surface area contributed by atoms with Crippen LogP contribution in [0.1, 0.15) is 54.6 Å². The largest absolute Gasteiger partial charge is 0.344 e. The van der Waals surface area contributed by atoms with Crippen molar-refractivity contribution in [1.82, 2.24) is 10.2 Å².